The molecule has 3 N–H and O–H groups in total. The van der Waals surface area contributed by atoms with Crippen LogP contribution in [0.3, 0.4) is 0 Å². The Morgan fingerprint density at radius 3 is 2.57 bits per heavy atom. The standard InChI is InChI=1S/C16H19N5/c1-9-5-6-10(2)13(7-9)15-12(4)20-21-14(19-17)8-11(3)18-16(15)21/h5-8,19H,17H2,1-4H3. The number of fused-ring (bicyclic) bond motifs is 1. The van der Waals surface area contributed by atoms with Crippen molar-refractivity contribution in [2.75, 3.05) is 5.43 Å². The number of nitrogens with one attached hydrogen (secondary N) is 1. The average Bonchev–Trinajstić information content (AvgIpc) is 2.76. The minimum absolute atomic E-state index is 0.733. The molecule has 0 atom stereocenters. The van der Waals surface area contributed by atoms with E-state index in [2.05, 4.69) is 47.6 Å². The van der Waals surface area contributed by atoms with Crippen LogP contribution in [0.25, 0.3) is 16.8 Å². The van der Waals surface area contributed by atoms with Gasteiger partial charge in [0, 0.05) is 17.3 Å². The van der Waals surface area contributed by atoms with Gasteiger partial charge in [-0.1, -0.05) is 23.8 Å². The lowest BCUT2D eigenvalue weighted by Crippen LogP contribution is -2.12. The number of nitrogen functional groups attached to an aromatic ring is 1. The molecule has 0 aliphatic carbocycles. The van der Waals surface area contributed by atoms with E-state index in [1.807, 2.05) is 19.9 Å². The van der Waals surface area contributed by atoms with Crippen LogP contribution < -0.4 is 11.3 Å². The number of nitrogens with two attached hydrogens (primary N) is 1. The van der Waals surface area contributed by atoms with Crippen LogP contribution in [0.1, 0.15) is 22.5 Å². The summed E-state index contributed by atoms with van der Waals surface area (Å²) in [5, 5.41) is 4.58. The highest BCUT2D eigenvalue weighted by Gasteiger charge is 2.17. The third-order valence-corrected chi connectivity index (χ3v) is 3.70. The van der Waals surface area contributed by atoms with Crippen LogP contribution in [0.2, 0.25) is 0 Å². The first-order chi connectivity index (χ1) is 10.0. The van der Waals surface area contributed by atoms with Crippen molar-refractivity contribution in [3.8, 4) is 11.1 Å². The molecular weight excluding hydrogens is 262 g/mol. The van der Waals surface area contributed by atoms with Gasteiger partial charge in [0.15, 0.2) is 5.65 Å². The molecule has 0 spiro atoms. The van der Waals surface area contributed by atoms with E-state index in [0.717, 1.165) is 28.4 Å². The van der Waals surface area contributed by atoms with Gasteiger partial charge in [-0.25, -0.2) is 10.8 Å². The highest BCUT2D eigenvalue weighted by molar-refractivity contribution is 5.83. The molecule has 3 rings (SSSR count). The molecule has 5 heteroatoms. The number of hydrogen-bond donors (Lipinski definition) is 2. The highest BCUT2D eigenvalue weighted by Crippen LogP contribution is 2.31. The van der Waals surface area contributed by atoms with E-state index < -0.39 is 0 Å². The van der Waals surface area contributed by atoms with Gasteiger partial charge < -0.3 is 5.43 Å². The van der Waals surface area contributed by atoms with Crippen molar-refractivity contribution in [2.45, 2.75) is 27.7 Å². The summed E-state index contributed by atoms with van der Waals surface area (Å²) in [4.78, 5) is 4.66. The Hall–Kier alpha value is -2.40. The van der Waals surface area contributed by atoms with E-state index >= 15 is 0 Å². The molecule has 1 aromatic carbocycles. The third kappa shape index (κ3) is 2.15. The fraction of sp³-hybridized carbons (Fsp3) is 0.250. The Morgan fingerprint density at radius 2 is 1.86 bits per heavy atom. The van der Waals surface area contributed by atoms with Crippen molar-refractivity contribution in [2.24, 2.45) is 5.84 Å². The topological polar surface area (TPSA) is 68.2 Å². The molecule has 0 saturated carbocycles. The van der Waals surface area contributed by atoms with E-state index in [1.165, 1.54) is 16.7 Å². The Kier molecular flexibility index (Phi) is 3.14. The lowest BCUT2D eigenvalue weighted by atomic mass is 9.98. The van der Waals surface area contributed by atoms with Crippen LogP contribution in [0.4, 0.5) is 5.82 Å². The van der Waals surface area contributed by atoms with Gasteiger partial charge in [0.25, 0.3) is 0 Å². The Bertz CT molecular complexity index is 832. The number of hydrazine groups is 1. The second-order valence-corrected chi connectivity index (χ2v) is 5.44. The molecule has 2 aromatic heterocycles. The van der Waals surface area contributed by atoms with Crippen molar-refractivity contribution < 1.29 is 0 Å². The third-order valence-electron chi connectivity index (χ3n) is 3.70. The molecule has 108 valence electrons. The fourth-order valence-electron chi connectivity index (χ4n) is 2.67. The maximum absolute atomic E-state index is 5.60. The van der Waals surface area contributed by atoms with Crippen molar-refractivity contribution in [3.63, 3.8) is 0 Å². The molecule has 0 saturated heterocycles. The number of hydrogen-bond acceptors (Lipinski definition) is 4. The first-order valence-corrected chi connectivity index (χ1v) is 6.92. The molecule has 0 unspecified atom stereocenters. The van der Waals surface area contributed by atoms with Crippen LogP contribution in [-0.2, 0) is 0 Å². The maximum atomic E-state index is 5.60. The van der Waals surface area contributed by atoms with E-state index in [1.54, 1.807) is 4.52 Å². The summed E-state index contributed by atoms with van der Waals surface area (Å²) in [6.07, 6.45) is 0. The lowest BCUT2D eigenvalue weighted by Gasteiger charge is -2.08. The summed E-state index contributed by atoms with van der Waals surface area (Å²) in [6, 6.07) is 8.31. The molecule has 5 nitrogen and oxygen atoms in total. The maximum Gasteiger partial charge on any atom is 0.165 e. The summed E-state index contributed by atoms with van der Waals surface area (Å²) in [7, 11) is 0. The zero-order valence-electron chi connectivity index (χ0n) is 12.7. The van der Waals surface area contributed by atoms with Gasteiger partial charge in [0.1, 0.15) is 5.82 Å². The largest absolute Gasteiger partial charge is 0.308 e. The summed E-state index contributed by atoms with van der Waals surface area (Å²) < 4.78 is 1.76. The number of nitrogens with zero attached hydrogens (tertiary/aromatic N) is 3. The molecule has 3 aromatic rings. The summed E-state index contributed by atoms with van der Waals surface area (Å²) in [5.74, 6) is 6.33. The molecule has 21 heavy (non-hydrogen) atoms. The first kappa shape index (κ1) is 13.6. The average molecular weight is 281 g/mol. The molecular formula is C16H19N5. The number of anilines is 1. The minimum atomic E-state index is 0.733. The van der Waals surface area contributed by atoms with E-state index in [9.17, 15) is 0 Å². The fourth-order valence-corrected chi connectivity index (χ4v) is 2.67. The predicted molar refractivity (Wildman–Crippen MR) is 85.2 cm³/mol. The van der Waals surface area contributed by atoms with Gasteiger partial charge in [0.05, 0.1) is 5.69 Å². The number of aromatic nitrogens is 3. The summed E-state index contributed by atoms with van der Waals surface area (Å²) in [5.41, 5.74) is 10.0. The van der Waals surface area contributed by atoms with E-state index in [-0.39, 0.29) is 0 Å². The zero-order chi connectivity index (χ0) is 15.1. The number of benzene rings is 1. The second kappa shape index (κ2) is 4.86. The predicted octanol–water partition coefficient (Wildman–Crippen LogP) is 2.92. The van der Waals surface area contributed by atoms with Gasteiger partial charge in [0.2, 0.25) is 0 Å². The number of rotatable bonds is 2. The van der Waals surface area contributed by atoms with Gasteiger partial charge in [-0.3, -0.25) is 0 Å². The quantitative estimate of drug-likeness (QED) is 0.560. The molecule has 0 fully saturated rings. The Labute approximate surface area is 123 Å². The monoisotopic (exact) mass is 281 g/mol. The van der Waals surface area contributed by atoms with E-state index in [0.29, 0.717) is 0 Å². The smallest absolute Gasteiger partial charge is 0.165 e. The zero-order valence-corrected chi connectivity index (χ0v) is 12.7. The van der Waals surface area contributed by atoms with Crippen LogP contribution in [0.15, 0.2) is 24.3 Å². The van der Waals surface area contributed by atoms with Crippen LogP contribution in [-0.4, -0.2) is 14.6 Å². The van der Waals surface area contributed by atoms with E-state index in [4.69, 9.17) is 5.84 Å². The molecule has 0 bridgehead atoms. The van der Waals surface area contributed by atoms with Crippen molar-refractivity contribution >= 4 is 11.5 Å². The van der Waals surface area contributed by atoms with Crippen molar-refractivity contribution in [1.29, 1.82) is 0 Å². The number of aryl methyl sites for hydroxylation is 4. The molecule has 0 radical (unpaired) electrons. The SMILES string of the molecule is Cc1ccc(C)c(-c2c(C)nn3c(NN)cc(C)nc23)c1. The summed E-state index contributed by atoms with van der Waals surface area (Å²) >= 11 is 0. The van der Waals surface area contributed by atoms with Gasteiger partial charge in [-0.05, 0) is 38.8 Å². The lowest BCUT2D eigenvalue weighted by molar-refractivity contribution is 0.908. The van der Waals surface area contributed by atoms with Crippen molar-refractivity contribution in [1.82, 2.24) is 14.6 Å². The Morgan fingerprint density at radius 1 is 1.10 bits per heavy atom. The van der Waals surface area contributed by atoms with Crippen LogP contribution in [0, 0.1) is 27.7 Å². The molecule has 2 heterocycles. The molecule has 0 amide bonds. The van der Waals surface area contributed by atoms with Gasteiger partial charge in [-0.15, -0.1) is 0 Å². The highest BCUT2D eigenvalue weighted by atomic mass is 15.4. The molecule has 0 aliphatic heterocycles. The van der Waals surface area contributed by atoms with Crippen LogP contribution >= 0.6 is 0 Å². The Balaban J connectivity index is 2.40. The van der Waals surface area contributed by atoms with Gasteiger partial charge >= 0.3 is 0 Å². The van der Waals surface area contributed by atoms with Crippen molar-refractivity contribution in [3.05, 3.63) is 46.8 Å². The molecule has 0 aliphatic rings. The normalized spacial score (nSPS) is 11.1. The summed E-state index contributed by atoms with van der Waals surface area (Å²) in [6.45, 7) is 8.16. The first-order valence-electron chi connectivity index (χ1n) is 6.92. The second-order valence-electron chi connectivity index (χ2n) is 5.44. The van der Waals surface area contributed by atoms with Crippen LogP contribution in [0.5, 0.6) is 0 Å². The minimum Gasteiger partial charge on any atom is -0.308 e. The van der Waals surface area contributed by atoms with Gasteiger partial charge in [-0.2, -0.15) is 9.61 Å².